The van der Waals surface area contributed by atoms with Crippen molar-refractivity contribution < 1.29 is 4.42 Å². The Morgan fingerprint density at radius 3 is 1.78 bits per heavy atom. The van der Waals surface area contributed by atoms with Gasteiger partial charge in [-0.15, -0.1) is 0 Å². The molecule has 0 bridgehead atoms. The van der Waals surface area contributed by atoms with Gasteiger partial charge in [-0.2, -0.15) is 0 Å². The molecule has 0 N–H and O–H groups in total. The summed E-state index contributed by atoms with van der Waals surface area (Å²) < 4.78 is 8.91. The van der Waals surface area contributed by atoms with Crippen molar-refractivity contribution in [2.45, 2.75) is 12.8 Å². The maximum Gasteiger partial charge on any atom is 0.160 e. The predicted octanol–water partition coefficient (Wildman–Crippen LogP) is 15.8. The Labute approximate surface area is 371 Å². The first-order chi connectivity index (χ1) is 31.7. The second-order valence-electron chi connectivity index (χ2n) is 16.4. The minimum atomic E-state index is 0.714. The number of nitrogens with zero attached hydrogens (tertiary/aromatic N) is 3. The molecule has 4 nitrogen and oxygen atoms in total. The van der Waals surface area contributed by atoms with Crippen molar-refractivity contribution in [3.05, 3.63) is 241 Å². The first-order valence-corrected chi connectivity index (χ1v) is 21.9. The van der Waals surface area contributed by atoms with Crippen molar-refractivity contribution in [3.8, 4) is 39.1 Å². The van der Waals surface area contributed by atoms with E-state index in [1.165, 1.54) is 32.9 Å². The highest BCUT2D eigenvalue weighted by Gasteiger charge is 2.18. The monoisotopic (exact) mass is 819 g/mol. The van der Waals surface area contributed by atoms with Crippen molar-refractivity contribution in [1.29, 1.82) is 0 Å². The fourth-order valence-corrected chi connectivity index (χ4v) is 9.43. The van der Waals surface area contributed by atoms with E-state index in [1.807, 2.05) is 24.3 Å². The number of amidine groups is 1. The number of aliphatic imine (C=N–C) groups is 2. The zero-order chi connectivity index (χ0) is 42.4. The van der Waals surface area contributed by atoms with Crippen LogP contribution in [0.5, 0.6) is 0 Å². The fourth-order valence-electron chi connectivity index (χ4n) is 9.43. The molecule has 9 aromatic carbocycles. The summed E-state index contributed by atoms with van der Waals surface area (Å²) in [4.78, 5) is 10.5. The van der Waals surface area contributed by atoms with Crippen LogP contribution >= 0.6 is 0 Å². The molecule has 0 spiro atoms. The summed E-state index contributed by atoms with van der Waals surface area (Å²) in [6, 6.07) is 77.5. The Morgan fingerprint density at radius 2 is 0.984 bits per heavy atom. The molecule has 302 valence electrons. The number of rotatable bonds is 7. The zero-order valence-corrected chi connectivity index (χ0v) is 35.0. The van der Waals surface area contributed by atoms with Gasteiger partial charge in [0.25, 0.3) is 0 Å². The van der Waals surface area contributed by atoms with Gasteiger partial charge in [0.15, 0.2) is 5.84 Å². The van der Waals surface area contributed by atoms with E-state index < -0.39 is 0 Å². The van der Waals surface area contributed by atoms with Gasteiger partial charge in [-0.25, -0.2) is 9.98 Å². The highest BCUT2D eigenvalue weighted by molar-refractivity contribution is 6.15. The average molecular weight is 820 g/mol. The molecule has 0 unspecified atom stereocenters. The number of aromatic nitrogens is 1. The standard InChI is InChI=1S/C60H41N3O/c1-4-16-40(17-5-1)53-28-15-29-54(62-60(61-53)41-18-6-2-7-19-41)47-23-13-22-46(37-47)49-27-14-31-58-59(49)52-39-45(33-35-57(52)64-58)43-21-12-20-42(36-43)44-32-34-56-51(38-44)50-26-10-11-30-55(50)63(56)48-24-8-3-9-25-48/h1-14,16-27,29-39H,15,28H2. The molecular formula is C60H41N3O. The van der Waals surface area contributed by atoms with E-state index in [0.717, 1.165) is 90.8 Å². The lowest BCUT2D eigenvalue weighted by atomic mass is 9.94. The number of furan rings is 1. The maximum absolute atomic E-state index is 6.55. The van der Waals surface area contributed by atoms with Gasteiger partial charge in [0.05, 0.1) is 22.4 Å². The van der Waals surface area contributed by atoms with Crippen LogP contribution in [0, 0.1) is 0 Å². The molecule has 2 aromatic heterocycles. The summed E-state index contributed by atoms with van der Waals surface area (Å²) in [6.07, 6.45) is 3.91. The van der Waals surface area contributed by atoms with Crippen LogP contribution in [0.25, 0.3) is 88.5 Å². The quantitative estimate of drug-likeness (QED) is 0.158. The summed E-state index contributed by atoms with van der Waals surface area (Å²) in [7, 11) is 0. The summed E-state index contributed by atoms with van der Waals surface area (Å²) in [5.41, 5.74) is 17.3. The van der Waals surface area contributed by atoms with Crippen molar-refractivity contribution in [3.63, 3.8) is 0 Å². The Bertz CT molecular complexity index is 3650. The average Bonchev–Trinajstić information content (AvgIpc) is 3.90. The minimum absolute atomic E-state index is 0.714. The number of fused-ring (bicyclic) bond motifs is 6. The minimum Gasteiger partial charge on any atom is -0.456 e. The van der Waals surface area contributed by atoms with Gasteiger partial charge in [-0.3, -0.25) is 0 Å². The molecular weight excluding hydrogens is 779 g/mol. The number of para-hydroxylation sites is 2. The molecule has 1 aliphatic heterocycles. The molecule has 0 atom stereocenters. The fraction of sp³-hybridized carbons (Fsp3) is 0.0333. The van der Waals surface area contributed by atoms with Gasteiger partial charge in [0.2, 0.25) is 0 Å². The predicted molar refractivity (Wildman–Crippen MR) is 268 cm³/mol. The molecule has 12 rings (SSSR count). The third-order valence-electron chi connectivity index (χ3n) is 12.5. The van der Waals surface area contributed by atoms with E-state index in [0.29, 0.717) is 5.84 Å². The number of benzene rings is 9. The van der Waals surface area contributed by atoms with Crippen LogP contribution < -0.4 is 0 Å². The third kappa shape index (κ3) is 6.73. The molecule has 0 fully saturated rings. The molecule has 0 saturated carbocycles. The van der Waals surface area contributed by atoms with Gasteiger partial charge in [-0.1, -0.05) is 164 Å². The molecule has 3 heterocycles. The highest BCUT2D eigenvalue weighted by Crippen LogP contribution is 2.41. The molecule has 1 aliphatic rings. The molecule has 64 heavy (non-hydrogen) atoms. The normalized spacial score (nSPS) is 13.2. The molecule has 0 amide bonds. The van der Waals surface area contributed by atoms with E-state index in [1.54, 1.807) is 0 Å². The lowest BCUT2D eigenvalue weighted by Crippen LogP contribution is -2.09. The second kappa shape index (κ2) is 15.8. The van der Waals surface area contributed by atoms with Gasteiger partial charge in [0.1, 0.15) is 11.2 Å². The van der Waals surface area contributed by atoms with Crippen molar-refractivity contribution >= 4 is 61.0 Å². The second-order valence-corrected chi connectivity index (χ2v) is 16.4. The maximum atomic E-state index is 6.55. The first-order valence-electron chi connectivity index (χ1n) is 21.9. The smallest absolute Gasteiger partial charge is 0.160 e. The number of hydrogen-bond acceptors (Lipinski definition) is 3. The summed E-state index contributed by atoms with van der Waals surface area (Å²) in [5, 5.41) is 4.68. The molecule has 0 radical (unpaired) electrons. The van der Waals surface area contributed by atoms with E-state index in [-0.39, 0.29) is 0 Å². The topological polar surface area (TPSA) is 42.8 Å². The third-order valence-corrected chi connectivity index (χ3v) is 12.5. The van der Waals surface area contributed by atoms with Crippen molar-refractivity contribution in [2.24, 2.45) is 9.98 Å². The molecule has 0 saturated heterocycles. The van der Waals surface area contributed by atoms with Crippen molar-refractivity contribution in [2.75, 3.05) is 0 Å². The Kier molecular flexibility index (Phi) is 9.27. The molecule has 4 heteroatoms. The van der Waals surface area contributed by atoms with Crippen LogP contribution in [-0.2, 0) is 0 Å². The van der Waals surface area contributed by atoms with Gasteiger partial charge >= 0.3 is 0 Å². The van der Waals surface area contributed by atoms with Crippen LogP contribution in [-0.4, -0.2) is 16.1 Å². The van der Waals surface area contributed by atoms with Crippen LogP contribution in [0.4, 0.5) is 0 Å². The Hall–Kier alpha value is -8.34. The Morgan fingerprint density at radius 1 is 0.391 bits per heavy atom. The first kappa shape index (κ1) is 37.4. The van der Waals surface area contributed by atoms with Crippen LogP contribution in [0.2, 0.25) is 0 Å². The van der Waals surface area contributed by atoms with Crippen LogP contribution in [0.15, 0.2) is 239 Å². The molecule has 11 aromatic rings. The zero-order valence-electron chi connectivity index (χ0n) is 35.0. The van der Waals surface area contributed by atoms with E-state index >= 15 is 0 Å². The van der Waals surface area contributed by atoms with Crippen LogP contribution in [0.1, 0.15) is 29.5 Å². The summed E-state index contributed by atoms with van der Waals surface area (Å²) in [5.74, 6) is 0.714. The number of hydrogen-bond donors (Lipinski definition) is 0. The van der Waals surface area contributed by atoms with Gasteiger partial charge in [0, 0.05) is 38.4 Å². The largest absolute Gasteiger partial charge is 0.456 e. The summed E-state index contributed by atoms with van der Waals surface area (Å²) >= 11 is 0. The van der Waals surface area contributed by atoms with Gasteiger partial charge < -0.3 is 8.98 Å². The van der Waals surface area contributed by atoms with Crippen molar-refractivity contribution in [1.82, 2.24) is 4.57 Å². The van der Waals surface area contributed by atoms with E-state index in [2.05, 4.69) is 205 Å². The summed E-state index contributed by atoms with van der Waals surface area (Å²) in [6.45, 7) is 0. The lowest BCUT2D eigenvalue weighted by Gasteiger charge is -2.14. The Balaban J connectivity index is 0.919. The SMILES string of the molecule is C1=C(c2cccc(-c3cccc4oc5ccc(-c6cccc(-c7ccc8c(c7)c7ccccc7n8-c7ccccc7)c6)cc5c34)c2)N=C(c2ccccc2)N=C(c2ccccc2)CC1. The van der Waals surface area contributed by atoms with E-state index in [4.69, 9.17) is 14.4 Å². The van der Waals surface area contributed by atoms with Gasteiger partial charge in [-0.05, 0) is 112 Å². The molecule has 0 aliphatic carbocycles. The van der Waals surface area contributed by atoms with Crippen LogP contribution in [0.3, 0.4) is 0 Å². The highest BCUT2D eigenvalue weighted by atomic mass is 16.3. The lowest BCUT2D eigenvalue weighted by molar-refractivity contribution is 0.669. The van der Waals surface area contributed by atoms with E-state index in [9.17, 15) is 0 Å². The number of allylic oxidation sites excluding steroid dienone is 1.